The summed E-state index contributed by atoms with van der Waals surface area (Å²) in [5, 5.41) is 0. The van der Waals surface area contributed by atoms with Gasteiger partial charge in [0, 0.05) is 10.0 Å². The molecule has 2 aromatic carbocycles. The van der Waals surface area contributed by atoms with Crippen molar-refractivity contribution >= 4 is 21.8 Å². The lowest BCUT2D eigenvalue weighted by atomic mass is 9.95. The summed E-state index contributed by atoms with van der Waals surface area (Å²) in [6.45, 7) is 0. The van der Waals surface area contributed by atoms with Gasteiger partial charge in [-0.15, -0.1) is 0 Å². The van der Waals surface area contributed by atoms with Crippen molar-refractivity contribution in [3.63, 3.8) is 0 Å². The fourth-order valence-electron chi connectivity index (χ4n) is 1.92. The predicted octanol–water partition coefficient (Wildman–Crippen LogP) is 4.23. The van der Waals surface area contributed by atoms with Gasteiger partial charge in [0.25, 0.3) is 0 Å². The van der Waals surface area contributed by atoms with Crippen LogP contribution in [0.25, 0.3) is 11.1 Å². The number of rotatable bonds is 2. The van der Waals surface area contributed by atoms with Gasteiger partial charge in [-0.05, 0) is 29.3 Å². The zero-order valence-electron chi connectivity index (χ0n) is 10.0. The van der Waals surface area contributed by atoms with Gasteiger partial charge in [-0.2, -0.15) is 13.2 Å². The molecule has 0 aromatic heterocycles. The van der Waals surface area contributed by atoms with Crippen LogP contribution < -0.4 is 5.73 Å². The Labute approximate surface area is 121 Å². The molecule has 0 fully saturated rings. The molecule has 0 aliphatic carbocycles. The molecule has 0 unspecified atom stereocenters. The summed E-state index contributed by atoms with van der Waals surface area (Å²) < 4.78 is 39.6. The van der Waals surface area contributed by atoms with E-state index in [-0.39, 0.29) is 16.7 Å². The zero-order chi connectivity index (χ0) is 14.9. The van der Waals surface area contributed by atoms with Gasteiger partial charge in [-0.3, -0.25) is 4.79 Å². The lowest BCUT2D eigenvalue weighted by Crippen LogP contribution is -2.14. The average Bonchev–Trinajstić information content (AvgIpc) is 2.37. The Hall–Kier alpha value is -1.82. The Morgan fingerprint density at radius 3 is 2.30 bits per heavy atom. The van der Waals surface area contributed by atoms with E-state index >= 15 is 0 Å². The number of amides is 1. The van der Waals surface area contributed by atoms with Crippen molar-refractivity contribution in [3.05, 3.63) is 58.1 Å². The molecule has 0 saturated carbocycles. The summed E-state index contributed by atoms with van der Waals surface area (Å²) in [6.07, 6.45) is -4.52. The number of hydrogen-bond donors (Lipinski definition) is 1. The second-order valence-electron chi connectivity index (χ2n) is 4.10. The highest BCUT2D eigenvalue weighted by Crippen LogP contribution is 2.39. The molecule has 0 bridgehead atoms. The molecule has 0 aliphatic heterocycles. The van der Waals surface area contributed by atoms with Crippen molar-refractivity contribution in [2.75, 3.05) is 0 Å². The van der Waals surface area contributed by atoms with Gasteiger partial charge in [-0.1, -0.05) is 40.2 Å². The number of carbonyl (C=O) groups excluding carboxylic acids is 1. The van der Waals surface area contributed by atoms with Crippen LogP contribution >= 0.6 is 15.9 Å². The highest BCUT2D eigenvalue weighted by molar-refractivity contribution is 9.10. The molecule has 2 aromatic rings. The third kappa shape index (κ3) is 2.85. The molecule has 1 amide bonds. The molecule has 2 N–H and O–H groups in total. The second-order valence-corrected chi connectivity index (χ2v) is 5.01. The minimum atomic E-state index is -4.52. The number of hydrogen-bond acceptors (Lipinski definition) is 1. The van der Waals surface area contributed by atoms with Gasteiger partial charge in [-0.25, -0.2) is 0 Å². The fraction of sp³-hybridized carbons (Fsp3) is 0.0714. The molecule has 0 spiro atoms. The molecule has 0 radical (unpaired) electrons. The van der Waals surface area contributed by atoms with Crippen molar-refractivity contribution < 1.29 is 18.0 Å². The predicted molar refractivity (Wildman–Crippen MR) is 73.1 cm³/mol. The van der Waals surface area contributed by atoms with Crippen LogP contribution in [0.1, 0.15) is 15.9 Å². The van der Waals surface area contributed by atoms with E-state index in [1.807, 2.05) is 0 Å². The quantitative estimate of drug-likeness (QED) is 0.870. The van der Waals surface area contributed by atoms with Gasteiger partial charge in [0.1, 0.15) is 0 Å². The number of benzene rings is 2. The molecule has 104 valence electrons. The average molecular weight is 344 g/mol. The second kappa shape index (κ2) is 5.28. The van der Waals surface area contributed by atoms with Crippen LogP contribution in [0.2, 0.25) is 0 Å². The maximum absolute atomic E-state index is 13.1. The van der Waals surface area contributed by atoms with Crippen LogP contribution in [0.15, 0.2) is 46.9 Å². The van der Waals surface area contributed by atoms with E-state index < -0.39 is 17.6 Å². The summed E-state index contributed by atoms with van der Waals surface area (Å²) in [6, 6.07) is 9.74. The van der Waals surface area contributed by atoms with Crippen molar-refractivity contribution in [1.82, 2.24) is 0 Å². The first-order chi connectivity index (χ1) is 9.30. The van der Waals surface area contributed by atoms with Crippen molar-refractivity contribution in [2.24, 2.45) is 5.73 Å². The first-order valence-electron chi connectivity index (χ1n) is 5.56. The van der Waals surface area contributed by atoms with E-state index in [0.29, 0.717) is 4.47 Å². The standard InChI is InChI=1S/C14H9BrF3NO/c15-8-5-6-10(12(7-8)14(16,17)18)9-3-1-2-4-11(9)13(19)20/h1-7H,(H2,19,20). The van der Waals surface area contributed by atoms with E-state index in [1.54, 1.807) is 12.1 Å². The Morgan fingerprint density at radius 2 is 1.70 bits per heavy atom. The fourth-order valence-corrected chi connectivity index (χ4v) is 2.28. The van der Waals surface area contributed by atoms with Gasteiger partial charge >= 0.3 is 6.18 Å². The molecule has 0 heterocycles. The third-order valence-electron chi connectivity index (χ3n) is 2.77. The Bertz CT molecular complexity index is 668. The van der Waals surface area contributed by atoms with Crippen molar-refractivity contribution in [3.8, 4) is 11.1 Å². The maximum Gasteiger partial charge on any atom is 0.417 e. The topological polar surface area (TPSA) is 43.1 Å². The summed E-state index contributed by atoms with van der Waals surface area (Å²) in [5.74, 6) is -0.767. The molecule has 0 atom stereocenters. The number of alkyl halides is 3. The largest absolute Gasteiger partial charge is 0.417 e. The molecule has 2 rings (SSSR count). The van der Waals surface area contributed by atoms with E-state index in [2.05, 4.69) is 15.9 Å². The number of primary amides is 1. The minimum absolute atomic E-state index is 0.0559. The van der Waals surface area contributed by atoms with Gasteiger partial charge in [0.15, 0.2) is 0 Å². The first kappa shape index (κ1) is 14.6. The zero-order valence-corrected chi connectivity index (χ0v) is 11.6. The molecule has 20 heavy (non-hydrogen) atoms. The molecule has 0 saturated heterocycles. The van der Waals surface area contributed by atoms with E-state index in [4.69, 9.17) is 5.73 Å². The van der Waals surface area contributed by atoms with Gasteiger partial charge < -0.3 is 5.73 Å². The normalized spacial score (nSPS) is 11.4. The summed E-state index contributed by atoms with van der Waals surface area (Å²) >= 11 is 3.02. The number of halogens is 4. The first-order valence-corrected chi connectivity index (χ1v) is 6.36. The van der Waals surface area contributed by atoms with Crippen LogP contribution in [0.5, 0.6) is 0 Å². The van der Waals surface area contributed by atoms with Crippen molar-refractivity contribution in [1.29, 1.82) is 0 Å². The van der Waals surface area contributed by atoms with Crippen LogP contribution in [0.3, 0.4) is 0 Å². The maximum atomic E-state index is 13.1. The van der Waals surface area contributed by atoms with E-state index in [0.717, 1.165) is 6.07 Å². The summed E-state index contributed by atoms with van der Waals surface area (Å²) in [4.78, 5) is 11.4. The monoisotopic (exact) mass is 343 g/mol. The lowest BCUT2D eigenvalue weighted by Gasteiger charge is -2.15. The third-order valence-corrected chi connectivity index (χ3v) is 3.26. The van der Waals surface area contributed by atoms with Crippen LogP contribution in [0.4, 0.5) is 13.2 Å². The minimum Gasteiger partial charge on any atom is -0.366 e. The summed E-state index contributed by atoms with van der Waals surface area (Å²) in [7, 11) is 0. The number of carbonyl (C=O) groups is 1. The molecule has 6 heteroatoms. The lowest BCUT2D eigenvalue weighted by molar-refractivity contribution is -0.137. The molecule has 2 nitrogen and oxygen atoms in total. The SMILES string of the molecule is NC(=O)c1ccccc1-c1ccc(Br)cc1C(F)(F)F. The highest BCUT2D eigenvalue weighted by Gasteiger charge is 2.34. The molecule has 0 aliphatic rings. The Morgan fingerprint density at radius 1 is 1.05 bits per heavy atom. The molecular weight excluding hydrogens is 335 g/mol. The van der Waals surface area contributed by atoms with E-state index in [1.165, 1.54) is 24.3 Å². The van der Waals surface area contributed by atoms with Crippen LogP contribution in [-0.4, -0.2) is 5.91 Å². The van der Waals surface area contributed by atoms with Crippen LogP contribution in [0, 0.1) is 0 Å². The summed E-state index contributed by atoms with van der Waals surface area (Å²) in [5.41, 5.74) is 4.54. The van der Waals surface area contributed by atoms with E-state index in [9.17, 15) is 18.0 Å². The molecular formula is C14H9BrF3NO. The Kier molecular flexibility index (Phi) is 3.85. The van der Waals surface area contributed by atoms with Crippen LogP contribution in [-0.2, 0) is 6.18 Å². The smallest absolute Gasteiger partial charge is 0.366 e. The number of nitrogens with two attached hydrogens (primary N) is 1. The van der Waals surface area contributed by atoms with Gasteiger partial charge in [0.2, 0.25) is 5.91 Å². The Balaban J connectivity index is 2.74. The highest BCUT2D eigenvalue weighted by atomic mass is 79.9. The van der Waals surface area contributed by atoms with Crippen molar-refractivity contribution in [2.45, 2.75) is 6.18 Å². The van der Waals surface area contributed by atoms with Gasteiger partial charge in [0.05, 0.1) is 5.56 Å².